The highest BCUT2D eigenvalue weighted by Crippen LogP contribution is 2.18. The minimum atomic E-state index is 0.894. The lowest BCUT2D eigenvalue weighted by atomic mass is 10.2. The van der Waals surface area contributed by atoms with Crippen LogP contribution in [0.2, 0.25) is 0 Å². The Labute approximate surface area is 102 Å². The van der Waals surface area contributed by atoms with E-state index in [0.717, 1.165) is 24.6 Å². The van der Waals surface area contributed by atoms with E-state index < -0.39 is 0 Å². The number of nitrogens with zero attached hydrogens (tertiary/aromatic N) is 1. The fraction of sp³-hybridized carbons (Fsp3) is 0.667. The standard InChI is InChI=1S/C12H20N2OS/c1-10-11(8-13-2)7-12(15-10)9-14-3-5-16-6-4-14/h7,13H,3-6,8-9H2,1-2H3. The summed E-state index contributed by atoms with van der Waals surface area (Å²) in [5.41, 5.74) is 1.28. The van der Waals surface area contributed by atoms with Crippen molar-refractivity contribution in [3.8, 4) is 0 Å². The molecule has 0 atom stereocenters. The summed E-state index contributed by atoms with van der Waals surface area (Å²) >= 11 is 2.04. The molecule has 4 heteroatoms. The van der Waals surface area contributed by atoms with Crippen LogP contribution in [0, 0.1) is 6.92 Å². The average molecular weight is 240 g/mol. The molecule has 1 fully saturated rings. The lowest BCUT2D eigenvalue weighted by molar-refractivity contribution is 0.266. The first-order chi connectivity index (χ1) is 7.79. The first kappa shape index (κ1) is 12.0. The van der Waals surface area contributed by atoms with Crippen molar-refractivity contribution < 1.29 is 4.42 Å². The summed E-state index contributed by atoms with van der Waals surface area (Å²) in [7, 11) is 1.97. The summed E-state index contributed by atoms with van der Waals surface area (Å²) in [5, 5.41) is 3.16. The molecule has 0 saturated carbocycles. The topological polar surface area (TPSA) is 28.4 Å². The summed E-state index contributed by atoms with van der Waals surface area (Å²) < 4.78 is 5.78. The maximum Gasteiger partial charge on any atom is 0.118 e. The molecule has 1 aromatic heterocycles. The van der Waals surface area contributed by atoms with Gasteiger partial charge in [0.2, 0.25) is 0 Å². The number of hydrogen-bond donors (Lipinski definition) is 1. The SMILES string of the molecule is CNCc1cc(CN2CCSCC2)oc1C. The maximum absolute atomic E-state index is 5.78. The van der Waals surface area contributed by atoms with Gasteiger partial charge in [-0.25, -0.2) is 0 Å². The van der Waals surface area contributed by atoms with E-state index in [1.165, 1.54) is 30.2 Å². The van der Waals surface area contributed by atoms with E-state index in [9.17, 15) is 0 Å². The second-order valence-electron chi connectivity index (χ2n) is 4.21. The first-order valence-corrected chi connectivity index (χ1v) is 6.98. The minimum Gasteiger partial charge on any atom is -0.465 e. The Bertz CT molecular complexity index is 332. The fourth-order valence-corrected chi connectivity index (χ4v) is 2.99. The zero-order chi connectivity index (χ0) is 11.4. The van der Waals surface area contributed by atoms with Crippen LogP contribution in [0.25, 0.3) is 0 Å². The van der Waals surface area contributed by atoms with Crippen molar-refractivity contribution in [1.82, 2.24) is 10.2 Å². The predicted molar refractivity (Wildman–Crippen MR) is 68.8 cm³/mol. The van der Waals surface area contributed by atoms with Gasteiger partial charge in [0.25, 0.3) is 0 Å². The highest BCUT2D eigenvalue weighted by molar-refractivity contribution is 7.99. The zero-order valence-corrected chi connectivity index (χ0v) is 10.9. The molecule has 2 rings (SSSR count). The van der Waals surface area contributed by atoms with E-state index in [2.05, 4.69) is 16.3 Å². The van der Waals surface area contributed by atoms with E-state index in [1.807, 2.05) is 25.7 Å². The second-order valence-corrected chi connectivity index (χ2v) is 5.44. The summed E-state index contributed by atoms with van der Waals surface area (Å²) in [6.45, 7) is 6.27. The third kappa shape index (κ3) is 3.03. The van der Waals surface area contributed by atoms with Gasteiger partial charge >= 0.3 is 0 Å². The van der Waals surface area contributed by atoms with Gasteiger partial charge in [0.15, 0.2) is 0 Å². The van der Waals surface area contributed by atoms with Gasteiger partial charge in [-0.2, -0.15) is 11.8 Å². The van der Waals surface area contributed by atoms with E-state index in [1.54, 1.807) is 0 Å². The number of furan rings is 1. The van der Waals surface area contributed by atoms with E-state index in [0.29, 0.717) is 0 Å². The molecule has 90 valence electrons. The van der Waals surface area contributed by atoms with Gasteiger partial charge in [0.05, 0.1) is 6.54 Å². The molecular weight excluding hydrogens is 220 g/mol. The Balaban J connectivity index is 1.95. The number of thioether (sulfide) groups is 1. The summed E-state index contributed by atoms with van der Waals surface area (Å²) in [6, 6.07) is 2.19. The lowest BCUT2D eigenvalue weighted by Gasteiger charge is -2.24. The first-order valence-electron chi connectivity index (χ1n) is 5.82. The van der Waals surface area contributed by atoms with Gasteiger partial charge in [-0.3, -0.25) is 4.90 Å². The summed E-state index contributed by atoms with van der Waals surface area (Å²) in [5.74, 6) is 4.66. The van der Waals surface area contributed by atoms with Gasteiger partial charge in [0.1, 0.15) is 11.5 Å². The van der Waals surface area contributed by atoms with Crippen LogP contribution in [0.15, 0.2) is 10.5 Å². The van der Waals surface area contributed by atoms with Crippen molar-refractivity contribution >= 4 is 11.8 Å². The molecular formula is C12H20N2OS. The number of nitrogens with one attached hydrogen (secondary N) is 1. The highest BCUT2D eigenvalue weighted by Gasteiger charge is 2.14. The quantitative estimate of drug-likeness (QED) is 0.869. The monoisotopic (exact) mass is 240 g/mol. The Hall–Kier alpha value is -0.450. The second kappa shape index (κ2) is 5.75. The van der Waals surface area contributed by atoms with Gasteiger partial charge in [-0.05, 0) is 20.0 Å². The molecule has 0 unspecified atom stereocenters. The third-order valence-corrected chi connectivity index (χ3v) is 3.86. The summed E-state index contributed by atoms with van der Waals surface area (Å²) in [6.07, 6.45) is 0. The van der Waals surface area contributed by atoms with Gasteiger partial charge in [-0.1, -0.05) is 0 Å². The highest BCUT2D eigenvalue weighted by atomic mass is 32.2. The molecule has 1 aliphatic heterocycles. The lowest BCUT2D eigenvalue weighted by Crippen LogP contribution is -2.31. The Morgan fingerprint density at radius 2 is 2.19 bits per heavy atom. The van der Waals surface area contributed by atoms with Crippen molar-refractivity contribution in [1.29, 1.82) is 0 Å². The predicted octanol–water partition coefficient (Wildman–Crippen LogP) is 1.86. The Morgan fingerprint density at radius 3 is 2.88 bits per heavy atom. The van der Waals surface area contributed by atoms with Crippen LogP contribution in [0.3, 0.4) is 0 Å². The van der Waals surface area contributed by atoms with E-state index >= 15 is 0 Å². The molecule has 2 heterocycles. The van der Waals surface area contributed by atoms with Crippen molar-refractivity contribution in [3.63, 3.8) is 0 Å². The number of aryl methyl sites for hydroxylation is 1. The molecule has 0 amide bonds. The maximum atomic E-state index is 5.78. The van der Waals surface area contributed by atoms with E-state index in [-0.39, 0.29) is 0 Å². The molecule has 3 nitrogen and oxygen atoms in total. The third-order valence-electron chi connectivity index (χ3n) is 2.92. The van der Waals surface area contributed by atoms with Crippen LogP contribution >= 0.6 is 11.8 Å². The molecule has 1 saturated heterocycles. The Kier molecular flexibility index (Phi) is 4.32. The van der Waals surface area contributed by atoms with Crippen LogP contribution in [0.1, 0.15) is 17.1 Å². The van der Waals surface area contributed by atoms with Crippen LogP contribution in [0.5, 0.6) is 0 Å². The van der Waals surface area contributed by atoms with Gasteiger partial charge in [-0.15, -0.1) is 0 Å². The normalized spacial score (nSPS) is 17.9. The van der Waals surface area contributed by atoms with Gasteiger partial charge < -0.3 is 9.73 Å². The molecule has 16 heavy (non-hydrogen) atoms. The van der Waals surface area contributed by atoms with Crippen molar-refractivity contribution in [2.45, 2.75) is 20.0 Å². The molecule has 0 spiro atoms. The van der Waals surface area contributed by atoms with Crippen LogP contribution in [0.4, 0.5) is 0 Å². The molecule has 0 aliphatic carbocycles. The largest absolute Gasteiger partial charge is 0.465 e. The van der Waals surface area contributed by atoms with Crippen LogP contribution < -0.4 is 5.32 Å². The van der Waals surface area contributed by atoms with E-state index in [4.69, 9.17) is 4.42 Å². The van der Waals surface area contributed by atoms with Crippen LogP contribution in [-0.2, 0) is 13.1 Å². The molecule has 0 radical (unpaired) electrons. The molecule has 0 aromatic carbocycles. The average Bonchev–Trinajstić information content (AvgIpc) is 2.61. The van der Waals surface area contributed by atoms with Crippen molar-refractivity contribution in [2.75, 3.05) is 31.6 Å². The number of rotatable bonds is 4. The molecule has 1 N–H and O–H groups in total. The molecule has 1 aliphatic rings. The molecule has 1 aromatic rings. The van der Waals surface area contributed by atoms with Crippen molar-refractivity contribution in [3.05, 3.63) is 23.2 Å². The fourth-order valence-electron chi connectivity index (χ4n) is 2.01. The zero-order valence-electron chi connectivity index (χ0n) is 10.1. The van der Waals surface area contributed by atoms with Crippen LogP contribution in [-0.4, -0.2) is 36.5 Å². The van der Waals surface area contributed by atoms with Gasteiger partial charge in [0, 0.05) is 36.7 Å². The number of hydrogen-bond acceptors (Lipinski definition) is 4. The molecule has 0 bridgehead atoms. The Morgan fingerprint density at radius 1 is 1.44 bits per heavy atom. The van der Waals surface area contributed by atoms with Crippen molar-refractivity contribution in [2.24, 2.45) is 0 Å². The smallest absolute Gasteiger partial charge is 0.118 e. The minimum absolute atomic E-state index is 0.894. The summed E-state index contributed by atoms with van der Waals surface area (Å²) in [4.78, 5) is 2.47.